The number of amides is 1. The van der Waals surface area contributed by atoms with Gasteiger partial charge in [-0.2, -0.15) is 18.6 Å². The van der Waals surface area contributed by atoms with E-state index in [4.69, 9.17) is 10.5 Å². The zero-order chi connectivity index (χ0) is 18.6. The number of primary amides is 1. The van der Waals surface area contributed by atoms with E-state index in [2.05, 4.69) is 16.7 Å². The van der Waals surface area contributed by atoms with Crippen molar-refractivity contribution < 1.29 is 23.2 Å². The molecule has 0 spiro atoms. The molecule has 2 aromatic heterocycles. The average molecular weight is 353 g/mol. The maximum Gasteiger partial charge on any atom is 0.405 e. The maximum absolute atomic E-state index is 13.1. The van der Waals surface area contributed by atoms with Gasteiger partial charge in [-0.3, -0.25) is 15.1 Å². The number of nitro groups is 1. The molecule has 0 saturated carbocycles. The van der Waals surface area contributed by atoms with Crippen LogP contribution in [0.1, 0.15) is 24.6 Å². The van der Waals surface area contributed by atoms with Gasteiger partial charge in [0.05, 0.1) is 4.92 Å². The molecule has 132 valence electrons. The zero-order valence-corrected chi connectivity index (χ0v) is 12.7. The van der Waals surface area contributed by atoms with E-state index < -0.39 is 35.1 Å². The minimum Gasteiger partial charge on any atom is -0.441 e. The number of halogens is 2. The molecule has 0 aliphatic carbocycles. The summed E-state index contributed by atoms with van der Waals surface area (Å²) in [7, 11) is 0. The lowest BCUT2D eigenvalue weighted by molar-refractivity contribution is -0.384. The number of hydrogen-bond acceptors (Lipinski definition) is 6. The van der Waals surface area contributed by atoms with Gasteiger partial charge in [0.15, 0.2) is 5.69 Å². The molecule has 1 atom stereocenters. The van der Waals surface area contributed by atoms with Crippen molar-refractivity contribution in [1.82, 2.24) is 14.8 Å². The van der Waals surface area contributed by atoms with Gasteiger partial charge in [0.25, 0.3) is 0 Å². The summed E-state index contributed by atoms with van der Waals surface area (Å²) in [6.07, 6.45) is 2.98. The van der Waals surface area contributed by atoms with E-state index in [0.717, 1.165) is 6.20 Å². The summed E-state index contributed by atoms with van der Waals surface area (Å²) in [6.45, 7) is 0.440. The highest BCUT2D eigenvalue weighted by Gasteiger charge is 2.27. The number of alkyl halides is 2. The van der Waals surface area contributed by atoms with Gasteiger partial charge in [0.1, 0.15) is 12.3 Å². The highest BCUT2D eigenvalue weighted by molar-refractivity contribution is 5.70. The summed E-state index contributed by atoms with van der Waals surface area (Å²) in [5.74, 6) is 0. The Morgan fingerprint density at radius 3 is 2.76 bits per heavy atom. The van der Waals surface area contributed by atoms with Gasteiger partial charge < -0.3 is 10.5 Å². The van der Waals surface area contributed by atoms with Crippen LogP contribution in [0.4, 0.5) is 19.3 Å². The fraction of sp³-hybridized carbons (Fsp3) is 0.214. The molecule has 25 heavy (non-hydrogen) atoms. The van der Waals surface area contributed by atoms with Crippen molar-refractivity contribution in [2.75, 3.05) is 0 Å². The van der Waals surface area contributed by atoms with Crippen LogP contribution in [-0.2, 0) is 4.74 Å². The van der Waals surface area contributed by atoms with Crippen molar-refractivity contribution in [3.8, 4) is 11.3 Å². The Hall–Kier alpha value is -3.37. The third-order valence-corrected chi connectivity index (χ3v) is 3.20. The lowest BCUT2D eigenvalue weighted by Gasteiger charge is -2.16. The minimum absolute atomic E-state index is 0.0177. The largest absolute Gasteiger partial charge is 0.441 e. The molecule has 0 saturated heterocycles. The predicted molar refractivity (Wildman–Crippen MR) is 81.6 cm³/mol. The first-order valence-corrected chi connectivity index (χ1v) is 6.87. The van der Waals surface area contributed by atoms with Crippen LogP contribution in [0.25, 0.3) is 11.3 Å². The Labute approximate surface area is 139 Å². The number of pyridine rings is 1. The van der Waals surface area contributed by atoms with E-state index in [9.17, 15) is 23.7 Å². The predicted octanol–water partition coefficient (Wildman–Crippen LogP) is 2.96. The van der Waals surface area contributed by atoms with Crippen LogP contribution in [0.3, 0.4) is 0 Å². The quantitative estimate of drug-likeness (QED) is 0.463. The van der Waals surface area contributed by atoms with Crippen LogP contribution in [0.2, 0.25) is 0 Å². The highest BCUT2D eigenvalue weighted by atomic mass is 19.3. The number of nitrogens with zero attached hydrogens (tertiary/aromatic N) is 4. The second-order valence-corrected chi connectivity index (χ2v) is 4.81. The van der Waals surface area contributed by atoms with Crippen molar-refractivity contribution >= 4 is 11.8 Å². The Kier molecular flexibility index (Phi) is 5.37. The monoisotopic (exact) mass is 353 g/mol. The first-order chi connectivity index (χ1) is 11.8. The molecule has 2 N–H and O–H groups in total. The van der Waals surface area contributed by atoms with Gasteiger partial charge in [0.2, 0.25) is 0 Å². The van der Waals surface area contributed by atoms with Gasteiger partial charge in [-0.25, -0.2) is 4.79 Å². The van der Waals surface area contributed by atoms with Crippen LogP contribution in [0.5, 0.6) is 0 Å². The number of hydrogen-bond donors (Lipinski definition) is 1. The van der Waals surface area contributed by atoms with Crippen LogP contribution in [-0.4, -0.2) is 25.8 Å². The molecule has 1 amide bonds. The Morgan fingerprint density at radius 1 is 1.48 bits per heavy atom. The van der Waals surface area contributed by atoms with Gasteiger partial charge >= 0.3 is 18.3 Å². The van der Waals surface area contributed by atoms with Gasteiger partial charge in [-0.1, -0.05) is 6.08 Å². The Balaban J connectivity index is 2.55. The fourth-order valence-corrected chi connectivity index (χ4v) is 2.22. The number of nitrogens with two attached hydrogens (primary N) is 1. The molecular weight excluding hydrogens is 340 g/mol. The Bertz CT molecular complexity index is 808. The van der Waals surface area contributed by atoms with E-state index in [1.54, 1.807) is 0 Å². The molecule has 0 fully saturated rings. The third-order valence-electron chi connectivity index (χ3n) is 3.20. The van der Waals surface area contributed by atoms with Crippen LogP contribution < -0.4 is 5.73 Å². The van der Waals surface area contributed by atoms with E-state index in [-0.39, 0.29) is 16.7 Å². The molecule has 2 heterocycles. The molecule has 0 aromatic carbocycles. The summed E-state index contributed by atoms with van der Waals surface area (Å²) in [4.78, 5) is 25.1. The van der Waals surface area contributed by atoms with E-state index >= 15 is 0 Å². The first kappa shape index (κ1) is 18.0. The maximum atomic E-state index is 13.1. The summed E-state index contributed by atoms with van der Waals surface area (Å²) < 4.78 is 31.3. The SMILES string of the molecule is C=CCC(OC(N)=O)c1cncc(-c2c([N+](=O)[O-])cnn2C(F)F)c1. The van der Waals surface area contributed by atoms with Gasteiger partial charge in [0, 0.05) is 29.9 Å². The lowest BCUT2D eigenvalue weighted by atomic mass is 10.0. The lowest BCUT2D eigenvalue weighted by Crippen LogP contribution is -2.17. The summed E-state index contributed by atoms with van der Waals surface area (Å²) in [5.41, 5.74) is 4.32. The molecule has 0 bridgehead atoms. The highest BCUT2D eigenvalue weighted by Crippen LogP contribution is 2.34. The van der Waals surface area contributed by atoms with Gasteiger partial charge in [-0.05, 0) is 6.07 Å². The molecular formula is C14H13F2N5O4. The molecule has 11 heteroatoms. The van der Waals surface area contributed by atoms with Crippen LogP contribution in [0, 0.1) is 10.1 Å². The normalized spacial score (nSPS) is 12.0. The fourth-order valence-electron chi connectivity index (χ4n) is 2.22. The van der Waals surface area contributed by atoms with Gasteiger partial charge in [-0.15, -0.1) is 6.58 Å². The number of carbonyl (C=O) groups excluding carboxylic acids is 1. The number of rotatable bonds is 7. The molecule has 0 radical (unpaired) electrons. The van der Waals surface area contributed by atoms with Crippen LogP contribution >= 0.6 is 0 Å². The smallest absolute Gasteiger partial charge is 0.405 e. The van der Waals surface area contributed by atoms with Crippen molar-refractivity contribution in [2.45, 2.75) is 19.1 Å². The van der Waals surface area contributed by atoms with Crippen molar-refractivity contribution in [2.24, 2.45) is 5.73 Å². The topological polar surface area (TPSA) is 126 Å². The average Bonchev–Trinajstić information content (AvgIpc) is 2.99. The third kappa shape index (κ3) is 3.94. The summed E-state index contributed by atoms with van der Waals surface area (Å²) >= 11 is 0. The second kappa shape index (κ2) is 7.47. The van der Waals surface area contributed by atoms with E-state index in [1.807, 2.05) is 0 Å². The molecule has 9 nitrogen and oxygen atoms in total. The molecule has 0 aliphatic rings. The first-order valence-electron chi connectivity index (χ1n) is 6.87. The standard InChI is InChI=1S/C14H13F2N5O4/c1-2-3-11(25-14(17)22)8-4-9(6-18-5-8)12-10(21(23)24)7-19-20(12)13(15)16/h2,4-7,11,13H,1,3H2,(H2,17,22). The van der Waals surface area contributed by atoms with Crippen molar-refractivity contribution in [3.05, 3.63) is 53.0 Å². The van der Waals surface area contributed by atoms with Crippen molar-refractivity contribution in [1.29, 1.82) is 0 Å². The molecule has 2 aromatic rings. The van der Waals surface area contributed by atoms with E-state index in [1.165, 1.54) is 24.5 Å². The number of aromatic nitrogens is 3. The molecule has 0 aliphatic heterocycles. The van der Waals surface area contributed by atoms with Crippen LogP contribution in [0.15, 0.2) is 37.3 Å². The second-order valence-electron chi connectivity index (χ2n) is 4.81. The molecule has 2 rings (SSSR count). The number of ether oxygens (including phenoxy) is 1. The minimum atomic E-state index is -3.09. The van der Waals surface area contributed by atoms with Crippen molar-refractivity contribution in [3.63, 3.8) is 0 Å². The zero-order valence-electron chi connectivity index (χ0n) is 12.7. The number of carbonyl (C=O) groups is 1. The Morgan fingerprint density at radius 2 is 2.20 bits per heavy atom. The van der Waals surface area contributed by atoms with E-state index in [0.29, 0.717) is 5.56 Å². The molecule has 1 unspecified atom stereocenters. The summed E-state index contributed by atoms with van der Waals surface area (Å²) in [5, 5.41) is 14.4. The summed E-state index contributed by atoms with van der Waals surface area (Å²) in [6, 6.07) is 1.34.